The van der Waals surface area contributed by atoms with Gasteiger partial charge in [-0.3, -0.25) is 0 Å². The molecule has 0 aliphatic heterocycles. The second-order valence-electron chi connectivity index (χ2n) is 2.98. The van der Waals surface area contributed by atoms with E-state index in [1.54, 1.807) is 0 Å². The van der Waals surface area contributed by atoms with Crippen molar-refractivity contribution in [1.82, 2.24) is 0 Å². The highest BCUT2D eigenvalue weighted by atomic mass is 127. The van der Waals surface area contributed by atoms with Crippen molar-refractivity contribution >= 4 is 22.6 Å². The molecule has 0 saturated carbocycles. The van der Waals surface area contributed by atoms with Crippen LogP contribution in [0.5, 0.6) is 5.75 Å². The number of hydrogen-bond donors (Lipinski definition) is 0. The van der Waals surface area contributed by atoms with E-state index in [-0.39, 0.29) is 0 Å². The average molecular weight is 276 g/mol. The first-order valence-corrected chi connectivity index (χ1v) is 5.55. The first-order chi connectivity index (χ1) is 5.74. The summed E-state index contributed by atoms with van der Waals surface area (Å²) in [5, 5.41) is 0. The number of hydrogen-bond acceptors (Lipinski definition) is 1. The fourth-order valence-corrected chi connectivity index (χ4v) is 1.37. The minimum absolute atomic E-state index is 0.596. The maximum Gasteiger partial charge on any atom is 0.139 e. The van der Waals surface area contributed by atoms with Crippen LogP contribution in [0, 0.1) is 0 Å². The van der Waals surface area contributed by atoms with Gasteiger partial charge in [0, 0.05) is 0 Å². The Morgan fingerprint density at radius 2 is 1.83 bits per heavy atom. The SMILES string of the molecule is CC(C)c1ccc(OCI)cc1. The molecule has 0 bridgehead atoms. The van der Waals surface area contributed by atoms with Gasteiger partial charge in [0.25, 0.3) is 0 Å². The molecule has 66 valence electrons. The van der Waals surface area contributed by atoms with Gasteiger partial charge in [0.1, 0.15) is 10.4 Å². The van der Waals surface area contributed by atoms with E-state index in [1.807, 2.05) is 12.1 Å². The maximum atomic E-state index is 5.33. The Balaban J connectivity index is 2.71. The normalized spacial score (nSPS) is 10.3. The predicted molar refractivity (Wildman–Crippen MR) is 60.0 cm³/mol. The number of alkyl halides is 1. The molecule has 1 aromatic carbocycles. The summed E-state index contributed by atoms with van der Waals surface area (Å²) in [6.45, 7) is 4.38. The largest absolute Gasteiger partial charge is 0.483 e. The molecule has 1 nitrogen and oxygen atoms in total. The summed E-state index contributed by atoms with van der Waals surface area (Å²) in [6, 6.07) is 8.28. The van der Waals surface area contributed by atoms with Crippen LogP contribution in [0.3, 0.4) is 0 Å². The Bertz CT molecular complexity index is 228. The van der Waals surface area contributed by atoms with Crippen molar-refractivity contribution in [3.8, 4) is 5.75 Å². The molecule has 1 rings (SSSR count). The molecule has 0 aromatic heterocycles. The van der Waals surface area contributed by atoms with Crippen LogP contribution >= 0.6 is 22.6 Å². The van der Waals surface area contributed by atoms with Gasteiger partial charge in [0.15, 0.2) is 0 Å². The molecule has 0 heterocycles. The highest BCUT2D eigenvalue weighted by molar-refractivity contribution is 14.1. The molecule has 0 radical (unpaired) electrons. The summed E-state index contributed by atoms with van der Waals surface area (Å²) in [4.78, 5) is 0. The molecule has 0 N–H and O–H groups in total. The minimum Gasteiger partial charge on any atom is -0.483 e. The Morgan fingerprint density at radius 3 is 2.25 bits per heavy atom. The van der Waals surface area contributed by atoms with Crippen molar-refractivity contribution in [3.05, 3.63) is 29.8 Å². The lowest BCUT2D eigenvalue weighted by atomic mass is 10.0. The summed E-state index contributed by atoms with van der Waals surface area (Å²) < 4.78 is 6.03. The van der Waals surface area contributed by atoms with E-state index < -0.39 is 0 Å². The molecule has 0 atom stereocenters. The third kappa shape index (κ3) is 2.66. The zero-order chi connectivity index (χ0) is 8.97. The van der Waals surface area contributed by atoms with Crippen molar-refractivity contribution in [2.24, 2.45) is 0 Å². The number of benzene rings is 1. The van der Waals surface area contributed by atoms with Gasteiger partial charge in [-0.2, -0.15) is 0 Å². The van der Waals surface area contributed by atoms with Crippen LogP contribution in [0.15, 0.2) is 24.3 Å². The van der Waals surface area contributed by atoms with Gasteiger partial charge in [-0.15, -0.1) is 0 Å². The highest BCUT2D eigenvalue weighted by Gasteiger charge is 1.98. The predicted octanol–water partition coefficient (Wildman–Crippen LogP) is 3.58. The topological polar surface area (TPSA) is 9.23 Å². The summed E-state index contributed by atoms with van der Waals surface area (Å²) in [5.41, 5.74) is 1.36. The maximum absolute atomic E-state index is 5.33. The summed E-state index contributed by atoms with van der Waals surface area (Å²) in [5.74, 6) is 1.55. The quantitative estimate of drug-likeness (QED) is 0.605. The molecule has 0 aliphatic rings. The number of halogens is 1. The van der Waals surface area contributed by atoms with Gasteiger partial charge in [-0.25, -0.2) is 0 Å². The van der Waals surface area contributed by atoms with Gasteiger partial charge < -0.3 is 4.74 Å². The lowest BCUT2D eigenvalue weighted by Crippen LogP contribution is -1.90. The summed E-state index contributed by atoms with van der Waals surface area (Å²) >= 11 is 2.19. The minimum atomic E-state index is 0.596. The van der Waals surface area contributed by atoms with E-state index in [2.05, 4.69) is 48.6 Å². The fourth-order valence-electron chi connectivity index (χ4n) is 1.01. The summed E-state index contributed by atoms with van der Waals surface area (Å²) in [6.07, 6.45) is 0. The van der Waals surface area contributed by atoms with Crippen LogP contribution in [-0.2, 0) is 0 Å². The van der Waals surface area contributed by atoms with Gasteiger partial charge in [0.05, 0.1) is 0 Å². The molecule has 12 heavy (non-hydrogen) atoms. The third-order valence-electron chi connectivity index (χ3n) is 1.77. The Labute approximate surface area is 87.3 Å². The molecule has 0 amide bonds. The van der Waals surface area contributed by atoms with Crippen LogP contribution in [0.1, 0.15) is 25.3 Å². The average Bonchev–Trinajstić information content (AvgIpc) is 2.06. The number of ether oxygens (including phenoxy) is 1. The van der Waals surface area contributed by atoms with Crippen LogP contribution in [0.4, 0.5) is 0 Å². The van der Waals surface area contributed by atoms with Crippen LogP contribution in [0.2, 0.25) is 0 Å². The first-order valence-electron chi connectivity index (χ1n) is 4.02. The zero-order valence-corrected chi connectivity index (χ0v) is 9.54. The Kier molecular flexibility index (Phi) is 3.85. The molecule has 0 unspecified atom stereocenters. The van der Waals surface area contributed by atoms with E-state index in [4.69, 9.17) is 4.74 Å². The highest BCUT2D eigenvalue weighted by Crippen LogP contribution is 2.18. The van der Waals surface area contributed by atoms with Crippen LogP contribution < -0.4 is 4.74 Å². The number of rotatable bonds is 3. The molecule has 0 fully saturated rings. The summed E-state index contributed by atoms with van der Waals surface area (Å²) in [7, 11) is 0. The molecule has 0 saturated heterocycles. The molecule has 2 heteroatoms. The van der Waals surface area contributed by atoms with E-state index in [9.17, 15) is 0 Å². The second-order valence-corrected chi connectivity index (χ2v) is 3.60. The van der Waals surface area contributed by atoms with E-state index >= 15 is 0 Å². The van der Waals surface area contributed by atoms with E-state index in [1.165, 1.54) is 5.56 Å². The lowest BCUT2D eigenvalue weighted by molar-refractivity contribution is 0.404. The van der Waals surface area contributed by atoms with Gasteiger partial charge in [-0.05, 0) is 46.2 Å². The smallest absolute Gasteiger partial charge is 0.139 e. The second kappa shape index (κ2) is 4.70. The molecule has 0 aliphatic carbocycles. The standard InChI is InChI=1S/C10H13IO/c1-8(2)9-3-5-10(6-4-9)12-7-11/h3-6,8H,7H2,1-2H3. The van der Waals surface area contributed by atoms with Gasteiger partial charge in [0.2, 0.25) is 0 Å². The van der Waals surface area contributed by atoms with Crippen molar-refractivity contribution in [1.29, 1.82) is 0 Å². The lowest BCUT2D eigenvalue weighted by Gasteiger charge is -2.06. The van der Waals surface area contributed by atoms with Crippen LogP contribution in [-0.4, -0.2) is 4.61 Å². The van der Waals surface area contributed by atoms with E-state index in [0.29, 0.717) is 10.5 Å². The van der Waals surface area contributed by atoms with Crippen molar-refractivity contribution in [2.45, 2.75) is 19.8 Å². The van der Waals surface area contributed by atoms with Crippen molar-refractivity contribution in [3.63, 3.8) is 0 Å². The Morgan fingerprint density at radius 1 is 1.25 bits per heavy atom. The first kappa shape index (κ1) is 9.84. The molecular weight excluding hydrogens is 263 g/mol. The monoisotopic (exact) mass is 276 g/mol. The molecule has 1 aromatic rings. The van der Waals surface area contributed by atoms with Crippen molar-refractivity contribution < 1.29 is 4.74 Å². The Hall–Kier alpha value is -0.250. The van der Waals surface area contributed by atoms with E-state index in [0.717, 1.165) is 5.75 Å². The van der Waals surface area contributed by atoms with Gasteiger partial charge in [-0.1, -0.05) is 26.0 Å². The zero-order valence-electron chi connectivity index (χ0n) is 7.38. The molecule has 0 spiro atoms. The fraction of sp³-hybridized carbons (Fsp3) is 0.400. The third-order valence-corrected chi connectivity index (χ3v) is 2.08. The molecular formula is C10H13IO. The van der Waals surface area contributed by atoms with Crippen LogP contribution in [0.25, 0.3) is 0 Å². The van der Waals surface area contributed by atoms with Gasteiger partial charge >= 0.3 is 0 Å². The van der Waals surface area contributed by atoms with Crippen molar-refractivity contribution in [2.75, 3.05) is 4.61 Å².